The number of allylic oxidation sites excluding steroid dienone is 2. The molecule has 2 fully saturated rings. The Morgan fingerprint density at radius 2 is 1.18 bits per heavy atom. The Kier molecular flexibility index (Phi) is 13.6. The zero-order chi connectivity index (χ0) is 37.6. The average Bonchev–Trinajstić information content (AvgIpc) is 3.88. The summed E-state index contributed by atoms with van der Waals surface area (Å²) in [6.07, 6.45) is 16.3. The molecule has 0 aliphatic carbocycles. The van der Waals surface area contributed by atoms with E-state index in [9.17, 15) is 0 Å². The highest BCUT2D eigenvalue weighted by Crippen LogP contribution is 2.29. The number of halogens is 1. The molecule has 4 aromatic rings. The minimum Gasteiger partial charge on any atom is -0.306 e. The Morgan fingerprint density at radius 1 is 0.655 bits per heavy atom. The van der Waals surface area contributed by atoms with Crippen LogP contribution in [0.4, 0.5) is 0 Å². The number of aliphatic imine (C=N–C) groups is 2. The number of piperidine rings is 2. The summed E-state index contributed by atoms with van der Waals surface area (Å²) in [5.74, 6) is 3.10. The number of hydrogen-bond donors (Lipinski definition) is 0. The van der Waals surface area contributed by atoms with Gasteiger partial charge in [0.2, 0.25) is 0 Å². The van der Waals surface area contributed by atoms with Gasteiger partial charge in [0.1, 0.15) is 0 Å². The van der Waals surface area contributed by atoms with Gasteiger partial charge in [0.05, 0.1) is 11.4 Å². The van der Waals surface area contributed by atoms with Gasteiger partial charge in [0.15, 0.2) is 11.6 Å². The van der Waals surface area contributed by atoms with Gasteiger partial charge in [-0.3, -0.25) is 9.98 Å². The quantitative estimate of drug-likeness (QED) is 0.178. The van der Waals surface area contributed by atoms with E-state index in [1.54, 1.807) is 0 Å². The molecule has 0 radical (unpaired) electrons. The Bertz CT molecular complexity index is 2080. The second-order valence-corrected chi connectivity index (χ2v) is 16.1. The van der Waals surface area contributed by atoms with E-state index >= 15 is 0 Å². The Morgan fingerprint density at radius 3 is 1.73 bits per heavy atom. The van der Waals surface area contributed by atoms with Gasteiger partial charge in [-0.15, -0.1) is 0 Å². The topological polar surface area (TPSA) is 82.8 Å². The number of benzene rings is 2. The number of hydrogen-bond acceptors (Lipinski definition) is 8. The summed E-state index contributed by atoms with van der Waals surface area (Å²) >= 11 is 6.27. The van der Waals surface area contributed by atoms with Crippen LogP contribution in [-0.2, 0) is 12.8 Å². The summed E-state index contributed by atoms with van der Waals surface area (Å²) in [5, 5.41) is 0.778. The number of aryl methyl sites for hydroxylation is 2. The van der Waals surface area contributed by atoms with Crippen molar-refractivity contribution in [3.8, 4) is 0 Å². The molecule has 0 N–H and O–H groups in total. The maximum absolute atomic E-state index is 6.27. The molecule has 0 bridgehead atoms. The largest absolute Gasteiger partial charge is 0.306 e. The number of aromatic nitrogens is 4. The Hall–Kier alpha value is -4.37. The van der Waals surface area contributed by atoms with E-state index in [-0.39, 0.29) is 7.43 Å². The van der Waals surface area contributed by atoms with Crippen LogP contribution in [0.15, 0.2) is 83.3 Å². The van der Waals surface area contributed by atoms with Crippen molar-refractivity contribution in [2.24, 2.45) is 21.8 Å². The minimum atomic E-state index is 0. The monoisotopic (exact) mass is 756 g/mol. The molecule has 0 saturated carbocycles. The van der Waals surface area contributed by atoms with Gasteiger partial charge in [-0.1, -0.05) is 49.4 Å². The third-order valence-electron chi connectivity index (χ3n) is 11.6. The van der Waals surface area contributed by atoms with Crippen LogP contribution in [0.1, 0.15) is 96.8 Å². The van der Waals surface area contributed by atoms with Crippen LogP contribution in [0.25, 0.3) is 11.1 Å². The lowest BCUT2D eigenvalue weighted by molar-refractivity contribution is 0.218. The van der Waals surface area contributed by atoms with Crippen LogP contribution in [0.3, 0.4) is 0 Å². The van der Waals surface area contributed by atoms with Crippen LogP contribution in [0, 0.1) is 32.6 Å². The van der Waals surface area contributed by atoms with Crippen LogP contribution in [0.5, 0.6) is 0 Å². The molecule has 288 valence electrons. The molecule has 2 aromatic carbocycles. The highest BCUT2D eigenvalue weighted by Gasteiger charge is 2.22. The van der Waals surface area contributed by atoms with Crippen LogP contribution >= 0.6 is 11.6 Å². The first-order valence-corrected chi connectivity index (χ1v) is 19.9. The highest BCUT2D eigenvalue weighted by atomic mass is 35.5. The second kappa shape index (κ2) is 18.5. The van der Waals surface area contributed by atoms with Crippen molar-refractivity contribution >= 4 is 34.2 Å². The number of nitrogens with zero attached hydrogens (tertiary/aromatic N) is 8. The summed E-state index contributed by atoms with van der Waals surface area (Å²) in [4.78, 5) is 32.8. The summed E-state index contributed by atoms with van der Waals surface area (Å²) in [6, 6.07) is 16.7. The van der Waals surface area contributed by atoms with Crippen molar-refractivity contribution in [2.45, 2.75) is 79.6 Å². The molecule has 9 heteroatoms. The van der Waals surface area contributed by atoms with E-state index in [0.29, 0.717) is 0 Å². The second-order valence-electron chi connectivity index (χ2n) is 15.7. The Labute approximate surface area is 333 Å². The molecule has 8 nitrogen and oxygen atoms in total. The van der Waals surface area contributed by atoms with Gasteiger partial charge in [-0.05, 0) is 157 Å². The number of likely N-dealkylation sites (tertiary alicyclic amines) is 2. The fraction of sp³-hybridized carbons (Fsp3) is 0.435. The van der Waals surface area contributed by atoms with E-state index in [2.05, 4.69) is 94.1 Å². The summed E-state index contributed by atoms with van der Waals surface area (Å²) in [5.41, 5.74) is 12.6. The molecule has 0 spiro atoms. The van der Waals surface area contributed by atoms with Gasteiger partial charge >= 0.3 is 0 Å². The highest BCUT2D eigenvalue weighted by molar-refractivity contribution is 6.31. The van der Waals surface area contributed by atoms with E-state index in [1.807, 2.05) is 43.9 Å². The van der Waals surface area contributed by atoms with Gasteiger partial charge in [-0.2, -0.15) is 0 Å². The first-order chi connectivity index (χ1) is 26.2. The molecule has 0 atom stereocenters. The predicted octanol–water partition coefficient (Wildman–Crippen LogP) is 9.40. The third kappa shape index (κ3) is 10.3. The van der Waals surface area contributed by atoms with Crippen molar-refractivity contribution in [1.29, 1.82) is 0 Å². The zero-order valence-corrected chi connectivity index (χ0v) is 33.3. The van der Waals surface area contributed by atoms with Crippen LogP contribution in [-0.4, -0.2) is 81.4 Å². The van der Waals surface area contributed by atoms with Crippen LogP contribution < -0.4 is 0 Å². The first kappa shape index (κ1) is 40.3. The minimum absolute atomic E-state index is 0. The lowest BCUT2D eigenvalue weighted by atomic mass is 9.92. The molecule has 2 saturated heterocycles. The molecule has 4 aliphatic rings. The summed E-state index contributed by atoms with van der Waals surface area (Å²) in [7, 11) is 4.41. The number of rotatable bonds is 8. The van der Waals surface area contributed by atoms with Gasteiger partial charge in [-0.25, -0.2) is 19.9 Å². The van der Waals surface area contributed by atoms with Gasteiger partial charge in [0, 0.05) is 65.2 Å². The molecule has 0 unspecified atom stereocenters. The van der Waals surface area contributed by atoms with Crippen LogP contribution in [0.2, 0.25) is 5.02 Å². The normalized spacial score (nSPS) is 18.1. The zero-order valence-electron chi connectivity index (χ0n) is 32.5. The summed E-state index contributed by atoms with van der Waals surface area (Å²) < 4.78 is 0. The standard InChI is InChI=1S/C23H28N4.C22H25ClN4.CH4/c1-16-5-4-6-21(17(16)2)22-14-19(15-25-22)23-24-10-7-20(26-23)13-18-8-11-27(3)12-9-18;1-15-3-4-17(12-20(15)23)21-13-18(14-25-21)22-24-8-5-19(26-22)11-16-6-9-27(2)10-7-16;/h4-7,10,15,18H,8-9,11-14H2,1-3H3;3-5,8,12,14,16H,6-7,9-11,13H2,1-2H3;1H4. The molecule has 55 heavy (non-hydrogen) atoms. The fourth-order valence-electron chi connectivity index (χ4n) is 7.76. The van der Waals surface area contributed by atoms with E-state index in [4.69, 9.17) is 21.6 Å². The SMILES string of the molecule is C.Cc1ccc(C2=NC=C(c3nccc(CC4CCN(C)CC4)n3)C2)cc1Cl.Cc1cccc(C2=NC=C(c3nccc(CC4CCN(C)CC4)n3)C2)c1C. The summed E-state index contributed by atoms with van der Waals surface area (Å²) in [6.45, 7) is 11.1. The van der Waals surface area contributed by atoms with Crippen molar-refractivity contribution in [3.05, 3.63) is 129 Å². The third-order valence-corrected chi connectivity index (χ3v) is 12.0. The molecule has 4 aliphatic heterocycles. The fourth-order valence-corrected chi connectivity index (χ4v) is 7.94. The lowest BCUT2D eigenvalue weighted by Crippen LogP contribution is -2.31. The maximum atomic E-state index is 6.27. The molecular formula is C46H57ClN8. The van der Waals surface area contributed by atoms with Crippen molar-refractivity contribution < 1.29 is 0 Å². The van der Waals surface area contributed by atoms with E-state index in [1.165, 1.54) is 68.6 Å². The van der Waals surface area contributed by atoms with Crippen molar-refractivity contribution in [2.75, 3.05) is 40.3 Å². The molecule has 6 heterocycles. The smallest absolute Gasteiger partial charge is 0.157 e. The Balaban J connectivity index is 0.000000184. The molecule has 2 aromatic heterocycles. The maximum Gasteiger partial charge on any atom is 0.157 e. The van der Waals surface area contributed by atoms with Gasteiger partial charge < -0.3 is 9.80 Å². The van der Waals surface area contributed by atoms with Crippen molar-refractivity contribution in [1.82, 2.24) is 29.7 Å². The van der Waals surface area contributed by atoms with E-state index in [0.717, 1.165) is 99.3 Å². The molecule has 8 rings (SSSR count). The van der Waals surface area contributed by atoms with Crippen molar-refractivity contribution in [3.63, 3.8) is 0 Å². The lowest BCUT2D eigenvalue weighted by Gasteiger charge is -2.28. The molecule has 0 amide bonds. The average molecular weight is 757 g/mol. The van der Waals surface area contributed by atoms with E-state index < -0.39 is 0 Å². The molecular weight excluding hydrogens is 700 g/mol. The van der Waals surface area contributed by atoms with Gasteiger partial charge in [0.25, 0.3) is 0 Å². The first-order valence-electron chi connectivity index (χ1n) is 19.5. The predicted molar refractivity (Wildman–Crippen MR) is 229 cm³/mol.